The molecule has 5 nitrogen and oxygen atoms in total. The Labute approximate surface area is 176 Å². The highest BCUT2D eigenvalue weighted by Gasteiger charge is 2.53. The van der Waals surface area contributed by atoms with E-state index in [1.807, 2.05) is 0 Å². The molecule has 0 fully saturated rings. The molecule has 0 amide bonds. The number of halogens is 3. The van der Waals surface area contributed by atoms with Crippen molar-refractivity contribution in [2.45, 2.75) is 25.2 Å². The van der Waals surface area contributed by atoms with E-state index in [1.54, 1.807) is 0 Å². The molecule has 0 saturated heterocycles. The summed E-state index contributed by atoms with van der Waals surface area (Å²) in [6.07, 6.45) is 0.542. The SMILES string of the molecule is COc1ccc(C2(C(=O)O)CC(c3c(F)cccc3F)=CC(C)(C(=O)O)C2)c(Cl)c1. The van der Waals surface area contributed by atoms with Crippen LogP contribution in [0.4, 0.5) is 8.78 Å². The van der Waals surface area contributed by atoms with Crippen LogP contribution in [0.15, 0.2) is 42.5 Å². The molecule has 2 aromatic carbocycles. The summed E-state index contributed by atoms with van der Waals surface area (Å²) in [7, 11) is 1.42. The van der Waals surface area contributed by atoms with Crippen molar-refractivity contribution in [3.8, 4) is 5.75 Å². The van der Waals surface area contributed by atoms with Gasteiger partial charge in [0.2, 0.25) is 0 Å². The van der Waals surface area contributed by atoms with E-state index in [4.69, 9.17) is 16.3 Å². The molecule has 0 radical (unpaired) electrons. The number of methoxy groups -OCH3 is 1. The second-order valence-electron chi connectivity index (χ2n) is 7.58. The van der Waals surface area contributed by atoms with Crippen molar-refractivity contribution in [2.75, 3.05) is 7.11 Å². The molecule has 0 bridgehead atoms. The Hall–Kier alpha value is -2.93. The van der Waals surface area contributed by atoms with Crippen molar-refractivity contribution in [1.82, 2.24) is 0 Å². The van der Waals surface area contributed by atoms with Crippen LogP contribution in [0.5, 0.6) is 5.75 Å². The lowest BCUT2D eigenvalue weighted by atomic mass is 9.60. The zero-order valence-electron chi connectivity index (χ0n) is 16.2. The summed E-state index contributed by atoms with van der Waals surface area (Å²) in [5.74, 6) is -4.08. The number of carboxylic acids is 2. The lowest BCUT2D eigenvalue weighted by Crippen LogP contribution is -2.46. The number of aliphatic carboxylic acids is 2. The van der Waals surface area contributed by atoms with Crippen LogP contribution < -0.4 is 4.74 Å². The van der Waals surface area contributed by atoms with Gasteiger partial charge in [-0.3, -0.25) is 9.59 Å². The average Bonchev–Trinajstić information content (AvgIpc) is 2.67. The minimum atomic E-state index is -1.82. The van der Waals surface area contributed by atoms with Crippen LogP contribution in [0.3, 0.4) is 0 Å². The Balaban J connectivity index is 2.29. The molecule has 2 N–H and O–H groups in total. The van der Waals surface area contributed by atoms with Crippen molar-refractivity contribution < 1.29 is 33.3 Å². The highest BCUT2D eigenvalue weighted by molar-refractivity contribution is 6.32. The second kappa shape index (κ2) is 7.72. The van der Waals surface area contributed by atoms with Crippen molar-refractivity contribution in [1.29, 1.82) is 0 Å². The molecule has 0 saturated carbocycles. The van der Waals surface area contributed by atoms with Gasteiger partial charge in [-0.25, -0.2) is 8.78 Å². The van der Waals surface area contributed by atoms with Gasteiger partial charge < -0.3 is 14.9 Å². The minimum Gasteiger partial charge on any atom is -0.497 e. The molecule has 0 heterocycles. The van der Waals surface area contributed by atoms with Gasteiger partial charge in [0, 0.05) is 10.6 Å². The summed E-state index contributed by atoms with van der Waals surface area (Å²) < 4.78 is 34.1. The van der Waals surface area contributed by atoms with Crippen molar-refractivity contribution >= 4 is 29.1 Å². The maximum absolute atomic E-state index is 14.5. The van der Waals surface area contributed by atoms with Gasteiger partial charge in [-0.1, -0.05) is 29.8 Å². The molecule has 2 atom stereocenters. The summed E-state index contributed by atoms with van der Waals surface area (Å²) >= 11 is 6.35. The fourth-order valence-electron chi connectivity index (χ4n) is 4.07. The summed E-state index contributed by atoms with van der Waals surface area (Å²) in [6.45, 7) is 1.32. The third-order valence-electron chi connectivity index (χ3n) is 5.53. The smallest absolute Gasteiger partial charge is 0.314 e. The fourth-order valence-corrected chi connectivity index (χ4v) is 4.42. The number of carbonyl (C=O) groups is 2. The molecule has 0 aliphatic heterocycles. The van der Waals surface area contributed by atoms with Crippen LogP contribution in [-0.2, 0) is 15.0 Å². The minimum absolute atomic E-state index is 0.0453. The van der Waals surface area contributed by atoms with Crippen LogP contribution in [0.25, 0.3) is 5.57 Å². The van der Waals surface area contributed by atoms with E-state index in [9.17, 15) is 28.6 Å². The van der Waals surface area contributed by atoms with E-state index in [-0.39, 0.29) is 29.0 Å². The van der Waals surface area contributed by atoms with E-state index >= 15 is 0 Å². The molecule has 1 aliphatic rings. The predicted molar refractivity (Wildman–Crippen MR) is 107 cm³/mol. The molecule has 0 spiro atoms. The zero-order chi connectivity index (χ0) is 22.3. The van der Waals surface area contributed by atoms with E-state index in [1.165, 1.54) is 44.4 Å². The van der Waals surface area contributed by atoms with Gasteiger partial charge in [-0.2, -0.15) is 0 Å². The third-order valence-corrected chi connectivity index (χ3v) is 5.84. The van der Waals surface area contributed by atoms with Gasteiger partial charge in [0.15, 0.2) is 0 Å². The predicted octanol–water partition coefficient (Wildman–Crippen LogP) is 4.92. The van der Waals surface area contributed by atoms with Gasteiger partial charge in [0.05, 0.1) is 17.9 Å². The highest BCUT2D eigenvalue weighted by atomic mass is 35.5. The number of carboxylic acid groups (broad SMARTS) is 2. The maximum atomic E-state index is 14.5. The molecule has 2 aromatic rings. The third kappa shape index (κ3) is 3.54. The summed E-state index contributed by atoms with van der Waals surface area (Å²) in [4.78, 5) is 24.6. The van der Waals surface area contributed by atoms with Crippen LogP contribution in [-0.4, -0.2) is 29.3 Å². The molecule has 2 unspecified atom stereocenters. The first kappa shape index (κ1) is 21.8. The first-order valence-electron chi connectivity index (χ1n) is 9.01. The molecule has 3 rings (SSSR count). The molecule has 1 aliphatic carbocycles. The van der Waals surface area contributed by atoms with E-state index in [0.717, 1.165) is 12.1 Å². The van der Waals surface area contributed by atoms with Crippen LogP contribution >= 0.6 is 11.6 Å². The quantitative estimate of drug-likeness (QED) is 0.695. The number of hydrogen-bond acceptors (Lipinski definition) is 3. The van der Waals surface area contributed by atoms with Gasteiger partial charge >= 0.3 is 11.9 Å². The summed E-state index contributed by atoms with van der Waals surface area (Å²) in [6, 6.07) is 7.62. The van der Waals surface area contributed by atoms with Crippen LogP contribution in [0.1, 0.15) is 30.9 Å². The Morgan fingerprint density at radius 1 is 1.10 bits per heavy atom. The lowest BCUT2D eigenvalue weighted by Gasteiger charge is -2.41. The van der Waals surface area contributed by atoms with Gasteiger partial charge in [-0.15, -0.1) is 0 Å². The molecular weight excluding hydrogens is 418 g/mol. The van der Waals surface area contributed by atoms with Crippen molar-refractivity contribution in [3.63, 3.8) is 0 Å². The summed E-state index contributed by atoms with van der Waals surface area (Å²) in [5.41, 5.74) is -3.87. The fraction of sp³-hybridized carbons (Fsp3) is 0.273. The lowest BCUT2D eigenvalue weighted by molar-refractivity contribution is -0.150. The zero-order valence-corrected chi connectivity index (χ0v) is 17.0. The summed E-state index contributed by atoms with van der Waals surface area (Å²) in [5, 5.41) is 20.1. The van der Waals surface area contributed by atoms with Crippen molar-refractivity contribution in [3.05, 3.63) is 70.3 Å². The van der Waals surface area contributed by atoms with E-state index in [0.29, 0.717) is 5.75 Å². The molecule has 8 heteroatoms. The standard InChI is InChI=1S/C22H19ClF2O5/c1-21(19(26)27)9-12(18-16(24)4-3-5-17(18)25)10-22(11-21,20(28)29)14-7-6-13(30-2)8-15(14)23/h3-9H,10-11H2,1-2H3,(H,26,27)(H,28,29). The molecule has 0 aromatic heterocycles. The molecular formula is C22H19ClF2O5. The first-order chi connectivity index (χ1) is 14.0. The topological polar surface area (TPSA) is 83.8 Å². The Bertz CT molecular complexity index is 1050. The number of rotatable bonds is 5. The van der Waals surface area contributed by atoms with E-state index in [2.05, 4.69) is 0 Å². The molecule has 158 valence electrons. The Kier molecular flexibility index (Phi) is 5.60. The van der Waals surface area contributed by atoms with E-state index < -0.39 is 40.0 Å². The number of benzene rings is 2. The number of ether oxygens (including phenoxy) is 1. The number of hydrogen-bond donors (Lipinski definition) is 2. The van der Waals surface area contributed by atoms with Gasteiger partial charge in [-0.05, 0) is 55.2 Å². The Morgan fingerprint density at radius 3 is 2.23 bits per heavy atom. The average molecular weight is 437 g/mol. The maximum Gasteiger partial charge on any atom is 0.314 e. The molecule has 30 heavy (non-hydrogen) atoms. The van der Waals surface area contributed by atoms with Gasteiger partial charge in [0.1, 0.15) is 17.4 Å². The Morgan fingerprint density at radius 2 is 1.73 bits per heavy atom. The largest absolute Gasteiger partial charge is 0.497 e. The van der Waals surface area contributed by atoms with Crippen LogP contribution in [0.2, 0.25) is 5.02 Å². The van der Waals surface area contributed by atoms with Crippen molar-refractivity contribution in [2.24, 2.45) is 5.41 Å². The highest BCUT2D eigenvalue weighted by Crippen LogP contribution is 2.52. The van der Waals surface area contributed by atoms with Crippen LogP contribution in [0, 0.1) is 17.0 Å². The van der Waals surface area contributed by atoms with Gasteiger partial charge in [0.25, 0.3) is 0 Å². The monoisotopic (exact) mass is 436 g/mol. The number of allylic oxidation sites excluding steroid dienone is 1. The normalized spacial score (nSPS) is 23.6. The second-order valence-corrected chi connectivity index (χ2v) is 7.98. The first-order valence-corrected chi connectivity index (χ1v) is 9.39.